The number of piperidine rings is 1. The third-order valence-electron chi connectivity index (χ3n) is 5.14. The van der Waals surface area contributed by atoms with E-state index in [9.17, 15) is 14.4 Å². The molecule has 0 aromatic rings. The van der Waals surface area contributed by atoms with Gasteiger partial charge in [0.2, 0.25) is 17.7 Å². The van der Waals surface area contributed by atoms with E-state index in [2.05, 4.69) is 6.58 Å². The number of piperazine rings is 1. The molecule has 3 fully saturated rings. The maximum atomic E-state index is 12.7. The Kier molecular flexibility index (Phi) is 4.18. The number of fused-ring (bicyclic) bond motifs is 1. The van der Waals surface area contributed by atoms with Crippen molar-refractivity contribution in [2.24, 2.45) is 5.92 Å². The number of hydrogen-bond donors (Lipinski definition) is 0. The monoisotopic (exact) mass is 305 g/mol. The van der Waals surface area contributed by atoms with Crippen molar-refractivity contribution in [3.63, 3.8) is 0 Å². The van der Waals surface area contributed by atoms with E-state index in [4.69, 9.17) is 0 Å². The largest absolute Gasteiger partial charge is 0.339 e. The Balaban J connectivity index is 1.54. The number of nitrogens with zero attached hydrogens (tertiary/aromatic N) is 3. The van der Waals surface area contributed by atoms with Crippen LogP contribution in [-0.2, 0) is 14.4 Å². The van der Waals surface area contributed by atoms with Crippen LogP contribution in [0.4, 0.5) is 0 Å². The van der Waals surface area contributed by atoms with E-state index in [1.54, 1.807) is 4.90 Å². The molecule has 3 aliphatic rings. The lowest BCUT2D eigenvalue weighted by Gasteiger charge is -2.40. The molecule has 3 amide bonds. The number of hydrogen-bond acceptors (Lipinski definition) is 3. The molecule has 0 aliphatic carbocycles. The van der Waals surface area contributed by atoms with Crippen LogP contribution >= 0.6 is 0 Å². The molecule has 0 N–H and O–H groups in total. The summed E-state index contributed by atoms with van der Waals surface area (Å²) in [5.74, 6) is 0.388. The van der Waals surface area contributed by atoms with Crippen molar-refractivity contribution < 1.29 is 14.4 Å². The van der Waals surface area contributed by atoms with E-state index in [0.29, 0.717) is 39.1 Å². The lowest BCUT2D eigenvalue weighted by Crippen LogP contribution is -2.55. The second-order valence-corrected chi connectivity index (χ2v) is 6.37. The van der Waals surface area contributed by atoms with E-state index in [-0.39, 0.29) is 29.7 Å². The van der Waals surface area contributed by atoms with Crippen LogP contribution in [0.3, 0.4) is 0 Å². The Morgan fingerprint density at radius 1 is 1.05 bits per heavy atom. The summed E-state index contributed by atoms with van der Waals surface area (Å²) in [6.07, 6.45) is 4.27. The van der Waals surface area contributed by atoms with Gasteiger partial charge in [0.1, 0.15) is 0 Å². The van der Waals surface area contributed by atoms with Crippen LogP contribution in [0, 0.1) is 5.92 Å². The van der Waals surface area contributed by atoms with Gasteiger partial charge in [-0.15, -0.1) is 0 Å². The summed E-state index contributed by atoms with van der Waals surface area (Å²) in [7, 11) is 0. The number of carbonyl (C=O) groups is 3. The number of rotatable bonds is 2. The number of carbonyl (C=O) groups excluding carboxylic acids is 3. The van der Waals surface area contributed by atoms with Gasteiger partial charge >= 0.3 is 0 Å². The van der Waals surface area contributed by atoms with Crippen LogP contribution in [0.2, 0.25) is 0 Å². The first kappa shape index (κ1) is 15.1. The summed E-state index contributed by atoms with van der Waals surface area (Å²) in [6, 6.07) is 0.215. The summed E-state index contributed by atoms with van der Waals surface area (Å²) in [4.78, 5) is 41.5. The predicted molar refractivity (Wildman–Crippen MR) is 80.8 cm³/mol. The van der Waals surface area contributed by atoms with Crippen LogP contribution in [0.25, 0.3) is 0 Å². The second kappa shape index (κ2) is 6.10. The van der Waals surface area contributed by atoms with Gasteiger partial charge in [-0.2, -0.15) is 0 Å². The van der Waals surface area contributed by atoms with Crippen LogP contribution < -0.4 is 0 Å². The second-order valence-electron chi connectivity index (χ2n) is 6.37. The third-order valence-corrected chi connectivity index (χ3v) is 5.14. The van der Waals surface area contributed by atoms with Crippen molar-refractivity contribution in [2.45, 2.75) is 31.7 Å². The highest BCUT2D eigenvalue weighted by molar-refractivity contribution is 5.87. The van der Waals surface area contributed by atoms with E-state index >= 15 is 0 Å². The molecule has 3 aliphatic heterocycles. The van der Waals surface area contributed by atoms with Gasteiger partial charge in [0.25, 0.3) is 0 Å². The van der Waals surface area contributed by atoms with Crippen molar-refractivity contribution in [3.8, 4) is 0 Å². The highest BCUT2D eigenvalue weighted by atomic mass is 16.2. The summed E-state index contributed by atoms with van der Waals surface area (Å²) in [5, 5.41) is 0. The average Bonchev–Trinajstić information content (AvgIpc) is 2.94. The van der Waals surface area contributed by atoms with Gasteiger partial charge < -0.3 is 14.7 Å². The highest BCUT2D eigenvalue weighted by Crippen LogP contribution is 2.26. The molecular formula is C16H23N3O3. The fourth-order valence-electron chi connectivity index (χ4n) is 3.80. The van der Waals surface area contributed by atoms with Gasteiger partial charge in [-0.1, -0.05) is 6.58 Å². The van der Waals surface area contributed by atoms with Gasteiger partial charge in [0.05, 0.1) is 0 Å². The Morgan fingerprint density at radius 2 is 1.77 bits per heavy atom. The molecule has 1 unspecified atom stereocenters. The summed E-state index contributed by atoms with van der Waals surface area (Å²) >= 11 is 0. The number of amides is 3. The SMILES string of the molecule is C=CC(=O)N1CCC(C(=O)N2CCN3C(=O)CCC3C2)CC1. The van der Waals surface area contributed by atoms with Gasteiger partial charge in [0.15, 0.2) is 0 Å². The summed E-state index contributed by atoms with van der Waals surface area (Å²) in [5.41, 5.74) is 0. The highest BCUT2D eigenvalue weighted by Gasteiger charge is 2.38. The molecule has 3 saturated heterocycles. The first-order valence-electron chi connectivity index (χ1n) is 8.09. The zero-order valence-corrected chi connectivity index (χ0v) is 12.9. The molecule has 0 aromatic carbocycles. The Labute approximate surface area is 130 Å². The first-order valence-corrected chi connectivity index (χ1v) is 8.09. The fourth-order valence-corrected chi connectivity index (χ4v) is 3.80. The Hall–Kier alpha value is -1.85. The summed E-state index contributed by atoms with van der Waals surface area (Å²) < 4.78 is 0. The standard InChI is InChI=1S/C16H23N3O3/c1-2-14(20)17-7-5-12(6-8-17)16(22)18-9-10-19-13(11-18)3-4-15(19)21/h2,12-13H,1,3-11H2. The Bertz CT molecular complexity index is 497. The molecular weight excluding hydrogens is 282 g/mol. The van der Waals surface area contributed by atoms with Gasteiger partial charge in [-0.3, -0.25) is 14.4 Å². The lowest BCUT2D eigenvalue weighted by atomic mass is 9.94. The summed E-state index contributed by atoms with van der Waals surface area (Å²) in [6.45, 7) is 6.75. The zero-order chi connectivity index (χ0) is 15.7. The van der Waals surface area contributed by atoms with Crippen molar-refractivity contribution in [3.05, 3.63) is 12.7 Å². The molecule has 1 atom stereocenters. The molecule has 0 radical (unpaired) electrons. The molecule has 120 valence electrons. The van der Waals surface area contributed by atoms with Crippen LogP contribution in [-0.4, -0.2) is 71.2 Å². The minimum Gasteiger partial charge on any atom is -0.339 e. The normalized spacial score (nSPS) is 26.1. The van der Waals surface area contributed by atoms with Crippen molar-refractivity contribution in [1.82, 2.24) is 14.7 Å². The molecule has 6 heteroatoms. The molecule has 3 heterocycles. The zero-order valence-electron chi connectivity index (χ0n) is 12.9. The molecule has 0 saturated carbocycles. The lowest BCUT2D eigenvalue weighted by molar-refractivity contribution is -0.144. The maximum absolute atomic E-state index is 12.7. The first-order chi connectivity index (χ1) is 10.6. The van der Waals surface area contributed by atoms with Gasteiger partial charge in [-0.05, 0) is 25.3 Å². The van der Waals surface area contributed by atoms with E-state index < -0.39 is 0 Å². The van der Waals surface area contributed by atoms with Crippen LogP contribution in [0.1, 0.15) is 25.7 Å². The van der Waals surface area contributed by atoms with Crippen LogP contribution in [0.15, 0.2) is 12.7 Å². The number of likely N-dealkylation sites (tertiary alicyclic amines) is 1. The quantitative estimate of drug-likeness (QED) is 0.687. The topological polar surface area (TPSA) is 60.9 Å². The molecule has 22 heavy (non-hydrogen) atoms. The minimum atomic E-state index is -0.0519. The van der Waals surface area contributed by atoms with E-state index in [1.807, 2.05) is 9.80 Å². The van der Waals surface area contributed by atoms with E-state index in [0.717, 1.165) is 19.3 Å². The van der Waals surface area contributed by atoms with Crippen molar-refractivity contribution in [1.29, 1.82) is 0 Å². The molecule has 0 spiro atoms. The van der Waals surface area contributed by atoms with Gasteiger partial charge in [0, 0.05) is 51.1 Å². The molecule has 6 nitrogen and oxygen atoms in total. The maximum Gasteiger partial charge on any atom is 0.245 e. The van der Waals surface area contributed by atoms with Crippen molar-refractivity contribution in [2.75, 3.05) is 32.7 Å². The molecule has 0 aromatic heterocycles. The molecule has 3 rings (SSSR count). The fraction of sp³-hybridized carbons (Fsp3) is 0.688. The van der Waals surface area contributed by atoms with Crippen molar-refractivity contribution >= 4 is 17.7 Å². The van der Waals surface area contributed by atoms with Crippen LogP contribution in [0.5, 0.6) is 0 Å². The molecule has 0 bridgehead atoms. The predicted octanol–water partition coefficient (Wildman–Crippen LogP) is 0.244. The van der Waals surface area contributed by atoms with Gasteiger partial charge in [-0.25, -0.2) is 0 Å². The average molecular weight is 305 g/mol. The minimum absolute atomic E-state index is 0.0116. The Morgan fingerprint density at radius 3 is 2.45 bits per heavy atom. The smallest absolute Gasteiger partial charge is 0.245 e. The van der Waals surface area contributed by atoms with E-state index in [1.165, 1.54) is 6.08 Å². The third kappa shape index (κ3) is 2.74.